The Morgan fingerprint density at radius 1 is 1.12 bits per heavy atom. The second-order valence-corrected chi connectivity index (χ2v) is 6.44. The number of hydrogen-bond acceptors (Lipinski definition) is 3. The van der Waals surface area contributed by atoms with E-state index in [1.54, 1.807) is 0 Å². The first-order valence-corrected chi connectivity index (χ1v) is 8.67. The molecule has 0 bridgehead atoms. The van der Waals surface area contributed by atoms with Crippen LogP contribution < -0.4 is 0 Å². The van der Waals surface area contributed by atoms with Gasteiger partial charge in [-0.2, -0.15) is 0 Å². The molecule has 0 aliphatic rings. The Morgan fingerprint density at radius 3 is 2.46 bits per heavy atom. The van der Waals surface area contributed by atoms with E-state index in [0.29, 0.717) is 25.0 Å². The van der Waals surface area contributed by atoms with E-state index < -0.39 is 0 Å². The number of carbonyl (C=O) groups is 1. The maximum absolute atomic E-state index is 11.8. The largest absolute Gasteiger partial charge is 0.502 e. The summed E-state index contributed by atoms with van der Waals surface area (Å²) in [6, 6.07) is 6.49. The molecule has 0 saturated heterocycles. The van der Waals surface area contributed by atoms with Crippen LogP contribution in [-0.2, 0) is 14.3 Å². The van der Waals surface area contributed by atoms with Gasteiger partial charge in [-0.25, -0.2) is 4.79 Å². The molecule has 0 spiro atoms. The molecule has 0 N–H and O–H groups in total. The van der Waals surface area contributed by atoms with E-state index in [-0.39, 0.29) is 5.97 Å². The fourth-order valence-electron chi connectivity index (χ4n) is 2.37. The molecule has 3 nitrogen and oxygen atoms in total. The molecule has 0 saturated carbocycles. The number of carbonyl (C=O) groups excluding carboxylic acids is 1. The Bertz CT molecular complexity index is 556. The monoisotopic (exact) mass is 330 g/mol. The van der Waals surface area contributed by atoms with Crippen molar-refractivity contribution < 1.29 is 14.3 Å². The molecule has 0 unspecified atom stereocenters. The Hall–Kier alpha value is -2.03. The van der Waals surface area contributed by atoms with Crippen LogP contribution in [-0.4, -0.2) is 19.2 Å². The van der Waals surface area contributed by atoms with Crippen molar-refractivity contribution in [2.45, 2.75) is 52.4 Å². The van der Waals surface area contributed by atoms with Crippen molar-refractivity contribution in [1.29, 1.82) is 0 Å². The number of hydrogen-bond donors (Lipinski definition) is 0. The lowest BCUT2D eigenvalue weighted by Crippen LogP contribution is -2.03. The summed E-state index contributed by atoms with van der Waals surface area (Å²) in [7, 11) is 0. The predicted molar refractivity (Wildman–Crippen MR) is 100.0 cm³/mol. The summed E-state index contributed by atoms with van der Waals surface area (Å²) >= 11 is 0. The zero-order chi connectivity index (χ0) is 17.9. The number of unbranched alkanes of at least 4 members (excludes halogenated alkanes) is 1. The molecule has 1 aromatic carbocycles. The average molecular weight is 330 g/mol. The third kappa shape index (κ3) is 7.03. The average Bonchev–Trinajstić information content (AvgIpc) is 2.55. The molecule has 0 heterocycles. The van der Waals surface area contributed by atoms with E-state index in [2.05, 4.69) is 52.5 Å². The second kappa shape index (κ2) is 10.7. The minimum absolute atomic E-state index is 0.302. The van der Waals surface area contributed by atoms with Gasteiger partial charge in [-0.05, 0) is 47.4 Å². The van der Waals surface area contributed by atoms with Crippen LogP contribution in [0.1, 0.15) is 69.1 Å². The van der Waals surface area contributed by atoms with Crippen LogP contribution >= 0.6 is 0 Å². The first-order chi connectivity index (χ1) is 11.5. The van der Waals surface area contributed by atoms with E-state index in [1.165, 1.54) is 23.5 Å². The summed E-state index contributed by atoms with van der Waals surface area (Å²) < 4.78 is 10.2. The van der Waals surface area contributed by atoms with E-state index in [9.17, 15) is 4.79 Å². The van der Waals surface area contributed by atoms with Gasteiger partial charge in [0.1, 0.15) is 0 Å². The van der Waals surface area contributed by atoms with Crippen LogP contribution in [0.15, 0.2) is 37.1 Å². The van der Waals surface area contributed by atoms with E-state index >= 15 is 0 Å². The van der Waals surface area contributed by atoms with Crippen molar-refractivity contribution in [2.24, 2.45) is 0 Å². The van der Waals surface area contributed by atoms with E-state index in [4.69, 9.17) is 9.47 Å². The molecule has 132 valence electrons. The molecule has 0 aliphatic heterocycles. The zero-order valence-corrected chi connectivity index (χ0v) is 15.4. The molecule has 1 rings (SSSR count). The Labute approximate surface area is 146 Å². The van der Waals surface area contributed by atoms with Crippen molar-refractivity contribution in [2.75, 3.05) is 13.2 Å². The van der Waals surface area contributed by atoms with Gasteiger partial charge in [0.05, 0.1) is 19.5 Å². The summed E-state index contributed by atoms with van der Waals surface area (Å²) in [5.74, 6) is 0.569. The summed E-state index contributed by atoms with van der Waals surface area (Å²) in [5.41, 5.74) is 3.60. The van der Waals surface area contributed by atoms with Crippen molar-refractivity contribution in [3.8, 4) is 0 Å². The maximum atomic E-state index is 11.8. The normalized spacial score (nSPS) is 11.2. The lowest BCUT2D eigenvalue weighted by atomic mass is 9.92. The zero-order valence-electron chi connectivity index (χ0n) is 15.4. The predicted octanol–water partition coefficient (Wildman–Crippen LogP) is 5.43. The smallest absolute Gasteiger partial charge is 0.330 e. The van der Waals surface area contributed by atoms with Gasteiger partial charge in [0.2, 0.25) is 0 Å². The number of rotatable bonds is 10. The Kier molecular flexibility index (Phi) is 8.92. The standard InChI is InChI=1S/C21H30O3/c1-6-23-13-7-8-14-24-21(22)12-10-19-15-18(16(2)3)9-11-20(19)17(4)5/h6,9-12,15-17H,1,7-8,13-14H2,2-5H3. The van der Waals surface area contributed by atoms with Gasteiger partial charge in [0.15, 0.2) is 0 Å². The molecular formula is C21H30O3. The highest BCUT2D eigenvalue weighted by atomic mass is 16.5. The van der Waals surface area contributed by atoms with Crippen molar-refractivity contribution >= 4 is 12.0 Å². The number of esters is 1. The SMILES string of the molecule is C=COCCCCOC(=O)C=Cc1cc(C(C)C)ccc1C(C)C. The van der Waals surface area contributed by atoms with Gasteiger partial charge in [-0.3, -0.25) is 0 Å². The first kappa shape index (κ1) is 20.0. The molecular weight excluding hydrogens is 300 g/mol. The highest BCUT2D eigenvalue weighted by molar-refractivity contribution is 5.87. The second-order valence-electron chi connectivity index (χ2n) is 6.44. The number of ether oxygens (including phenoxy) is 2. The Morgan fingerprint density at radius 2 is 1.83 bits per heavy atom. The lowest BCUT2D eigenvalue weighted by Gasteiger charge is -2.14. The minimum atomic E-state index is -0.302. The molecule has 3 heteroatoms. The van der Waals surface area contributed by atoms with Gasteiger partial charge in [0.25, 0.3) is 0 Å². The topological polar surface area (TPSA) is 35.5 Å². The summed E-state index contributed by atoms with van der Waals surface area (Å²) in [6.07, 6.45) is 6.44. The molecule has 0 radical (unpaired) electrons. The van der Waals surface area contributed by atoms with Crippen molar-refractivity contribution in [3.63, 3.8) is 0 Å². The minimum Gasteiger partial charge on any atom is -0.502 e. The quantitative estimate of drug-likeness (QED) is 0.248. The molecule has 24 heavy (non-hydrogen) atoms. The van der Waals surface area contributed by atoms with Gasteiger partial charge in [0, 0.05) is 6.08 Å². The third-order valence-electron chi connectivity index (χ3n) is 3.82. The van der Waals surface area contributed by atoms with Crippen LogP contribution in [0.3, 0.4) is 0 Å². The summed E-state index contributed by atoms with van der Waals surface area (Å²) in [6.45, 7) is 13.2. The Balaban J connectivity index is 2.62. The van der Waals surface area contributed by atoms with Crippen molar-refractivity contribution in [1.82, 2.24) is 0 Å². The van der Waals surface area contributed by atoms with E-state index in [1.807, 2.05) is 6.08 Å². The van der Waals surface area contributed by atoms with Gasteiger partial charge in [-0.1, -0.05) is 52.5 Å². The van der Waals surface area contributed by atoms with Crippen LogP contribution in [0.2, 0.25) is 0 Å². The number of benzene rings is 1. The van der Waals surface area contributed by atoms with Crippen LogP contribution in [0.4, 0.5) is 0 Å². The molecule has 0 fully saturated rings. The fraction of sp³-hybridized carbons (Fsp3) is 0.476. The van der Waals surface area contributed by atoms with Gasteiger partial charge in [-0.15, -0.1) is 0 Å². The first-order valence-electron chi connectivity index (χ1n) is 8.67. The van der Waals surface area contributed by atoms with Crippen LogP contribution in [0, 0.1) is 0 Å². The molecule has 0 aliphatic carbocycles. The van der Waals surface area contributed by atoms with Crippen LogP contribution in [0.5, 0.6) is 0 Å². The lowest BCUT2D eigenvalue weighted by molar-refractivity contribution is -0.137. The highest BCUT2D eigenvalue weighted by Crippen LogP contribution is 2.25. The third-order valence-corrected chi connectivity index (χ3v) is 3.82. The fourth-order valence-corrected chi connectivity index (χ4v) is 2.37. The van der Waals surface area contributed by atoms with Gasteiger partial charge >= 0.3 is 5.97 Å². The summed E-state index contributed by atoms with van der Waals surface area (Å²) in [4.78, 5) is 11.8. The summed E-state index contributed by atoms with van der Waals surface area (Å²) in [5, 5.41) is 0. The highest BCUT2D eigenvalue weighted by Gasteiger charge is 2.08. The molecule has 0 atom stereocenters. The maximum Gasteiger partial charge on any atom is 0.330 e. The van der Waals surface area contributed by atoms with Crippen LogP contribution in [0.25, 0.3) is 6.08 Å². The van der Waals surface area contributed by atoms with Gasteiger partial charge < -0.3 is 9.47 Å². The van der Waals surface area contributed by atoms with Crippen molar-refractivity contribution in [3.05, 3.63) is 53.8 Å². The molecule has 0 amide bonds. The molecule has 1 aromatic rings. The van der Waals surface area contributed by atoms with E-state index in [0.717, 1.165) is 18.4 Å². The molecule has 0 aromatic heterocycles.